The highest BCUT2D eigenvalue weighted by Crippen LogP contribution is 2.31. The minimum atomic E-state index is -1.59. The van der Waals surface area contributed by atoms with Gasteiger partial charge in [-0.1, -0.05) is 0 Å². The molecule has 32 heavy (non-hydrogen) atoms. The maximum atomic E-state index is 15.8. The number of hydrogen-bond donors (Lipinski definition) is 1. The van der Waals surface area contributed by atoms with E-state index in [0.717, 1.165) is 21.9 Å². The Labute approximate surface area is 183 Å². The lowest BCUT2D eigenvalue weighted by Crippen LogP contribution is -2.45. The summed E-state index contributed by atoms with van der Waals surface area (Å²) in [6.07, 6.45) is -0.0743. The number of carbonyl (C=O) groups is 2. The molecule has 1 N–H and O–H groups in total. The highest BCUT2D eigenvalue weighted by Gasteiger charge is 2.29. The van der Waals surface area contributed by atoms with Crippen LogP contribution in [0, 0.1) is 11.6 Å². The maximum Gasteiger partial charge on any atom is 0.429 e. The quantitative estimate of drug-likeness (QED) is 0.763. The van der Waals surface area contributed by atoms with Crippen LogP contribution in [-0.4, -0.2) is 72.6 Å². The molecular weight excluding hydrogens is 426 g/mol. The molecule has 0 spiro atoms. The monoisotopic (exact) mass is 452 g/mol. The summed E-state index contributed by atoms with van der Waals surface area (Å²) in [4.78, 5) is 40.5. The van der Waals surface area contributed by atoms with Gasteiger partial charge in [0.25, 0.3) is 0 Å². The second-order valence-corrected chi connectivity index (χ2v) is 8.73. The smallest absolute Gasteiger partial charge is 0.429 e. The third-order valence-corrected chi connectivity index (χ3v) is 5.17. The number of anilines is 1. The number of nitrogens with zero attached hydrogens (tertiary/aromatic N) is 4. The van der Waals surface area contributed by atoms with Gasteiger partial charge in [0.05, 0.1) is 5.39 Å². The number of benzene rings is 1. The van der Waals surface area contributed by atoms with E-state index in [2.05, 4.69) is 0 Å². The number of ether oxygens (including phenoxy) is 1. The lowest BCUT2D eigenvalue weighted by Gasteiger charge is -2.35. The summed E-state index contributed by atoms with van der Waals surface area (Å²) in [5.41, 5.74) is -3.42. The van der Waals surface area contributed by atoms with Gasteiger partial charge >= 0.3 is 12.1 Å². The molecule has 3 rings (SSSR count). The molecule has 1 aliphatic heterocycles. The SMILES string of the molecule is CN1CCN(c2c(F)cc3c(=O)c(C(=O)O)cn(N(C)C(=O)OC(C)(C)C)c3c2F)CC1. The molecular formula is C21H26F2N4O5. The number of aromatic nitrogens is 1. The van der Waals surface area contributed by atoms with Crippen LogP contribution in [-0.2, 0) is 4.74 Å². The molecule has 0 radical (unpaired) electrons. The van der Waals surface area contributed by atoms with E-state index < -0.39 is 51.2 Å². The summed E-state index contributed by atoms with van der Waals surface area (Å²) in [7, 11) is 3.13. The van der Waals surface area contributed by atoms with Gasteiger partial charge in [-0.15, -0.1) is 0 Å². The first kappa shape index (κ1) is 23.5. The van der Waals surface area contributed by atoms with Gasteiger partial charge in [-0.3, -0.25) is 9.47 Å². The Morgan fingerprint density at radius 2 is 1.75 bits per heavy atom. The zero-order chi connectivity index (χ0) is 24.0. The normalized spacial score (nSPS) is 15.2. The number of carboxylic acid groups (broad SMARTS) is 1. The summed E-state index contributed by atoms with van der Waals surface area (Å²) in [6.45, 7) is 6.77. The number of hydrogen-bond acceptors (Lipinski definition) is 6. The van der Waals surface area contributed by atoms with Crippen LogP contribution in [0.4, 0.5) is 19.3 Å². The largest absolute Gasteiger partial charge is 0.477 e. The molecule has 0 unspecified atom stereocenters. The molecule has 11 heteroatoms. The van der Waals surface area contributed by atoms with Crippen LogP contribution in [0.5, 0.6) is 0 Å². The van der Waals surface area contributed by atoms with E-state index in [1.54, 1.807) is 20.8 Å². The number of fused-ring (bicyclic) bond motifs is 1. The van der Waals surface area contributed by atoms with Crippen molar-refractivity contribution in [3.05, 3.63) is 39.7 Å². The van der Waals surface area contributed by atoms with E-state index in [1.165, 1.54) is 11.9 Å². The van der Waals surface area contributed by atoms with E-state index in [0.29, 0.717) is 26.2 Å². The van der Waals surface area contributed by atoms with Crippen molar-refractivity contribution >= 4 is 28.7 Å². The summed E-state index contributed by atoms with van der Waals surface area (Å²) < 4.78 is 36.9. The highest BCUT2D eigenvalue weighted by atomic mass is 19.1. The predicted molar refractivity (Wildman–Crippen MR) is 115 cm³/mol. The molecule has 1 fully saturated rings. The minimum absolute atomic E-state index is 0.334. The number of pyridine rings is 1. The standard InChI is InChI=1S/C21H26F2N4O5/c1-21(2,3)32-20(31)25(5)27-11-13(19(29)30)18(28)12-10-14(22)17(15(23)16(12)27)26-8-6-24(4)7-9-26/h10-11H,6-9H2,1-5H3,(H,29,30). The van der Waals surface area contributed by atoms with Crippen molar-refractivity contribution in [3.63, 3.8) is 0 Å². The summed E-state index contributed by atoms with van der Waals surface area (Å²) >= 11 is 0. The van der Waals surface area contributed by atoms with Gasteiger partial charge in [-0.25, -0.2) is 23.4 Å². The van der Waals surface area contributed by atoms with Gasteiger partial charge in [0.15, 0.2) is 5.82 Å². The number of carboxylic acids is 1. The summed E-state index contributed by atoms with van der Waals surface area (Å²) in [5.74, 6) is -3.63. The Hall–Kier alpha value is -3.21. The van der Waals surface area contributed by atoms with Crippen LogP contribution in [0.2, 0.25) is 0 Å². The molecule has 1 amide bonds. The van der Waals surface area contributed by atoms with Gasteiger partial charge in [-0.2, -0.15) is 0 Å². The number of halogens is 2. The Morgan fingerprint density at radius 3 is 2.28 bits per heavy atom. The third-order valence-electron chi connectivity index (χ3n) is 5.17. The van der Waals surface area contributed by atoms with Crippen LogP contribution in [0.25, 0.3) is 10.9 Å². The fraction of sp³-hybridized carbons (Fsp3) is 0.476. The molecule has 0 saturated carbocycles. The van der Waals surface area contributed by atoms with E-state index in [4.69, 9.17) is 4.74 Å². The summed E-state index contributed by atoms with van der Waals surface area (Å²) in [6, 6.07) is 0.820. The molecule has 9 nitrogen and oxygen atoms in total. The molecule has 1 aliphatic rings. The predicted octanol–water partition coefficient (Wildman–Crippen LogP) is 2.23. The van der Waals surface area contributed by atoms with Crippen molar-refractivity contribution in [1.29, 1.82) is 0 Å². The van der Waals surface area contributed by atoms with E-state index in [9.17, 15) is 23.9 Å². The molecule has 0 aliphatic carbocycles. The maximum absolute atomic E-state index is 15.8. The average Bonchev–Trinajstić information content (AvgIpc) is 2.68. The van der Waals surface area contributed by atoms with Gasteiger partial charge in [-0.05, 0) is 33.9 Å². The lowest BCUT2D eigenvalue weighted by molar-refractivity contribution is 0.0549. The topological polar surface area (TPSA) is 95.3 Å². The first-order chi connectivity index (χ1) is 14.8. The first-order valence-electron chi connectivity index (χ1n) is 10.0. The highest BCUT2D eigenvalue weighted by molar-refractivity contribution is 5.95. The van der Waals surface area contributed by atoms with Crippen LogP contribution < -0.4 is 15.3 Å². The number of aromatic carboxylic acids is 1. The molecule has 1 aromatic heterocycles. The van der Waals surface area contributed by atoms with Gasteiger partial charge in [0.2, 0.25) is 5.43 Å². The molecule has 0 bridgehead atoms. The van der Waals surface area contributed by atoms with Crippen molar-refractivity contribution in [2.24, 2.45) is 0 Å². The zero-order valence-corrected chi connectivity index (χ0v) is 18.6. The average molecular weight is 452 g/mol. The van der Waals surface area contributed by atoms with Crippen molar-refractivity contribution in [2.45, 2.75) is 26.4 Å². The Morgan fingerprint density at radius 1 is 1.16 bits per heavy atom. The molecule has 1 aromatic carbocycles. The summed E-state index contributed by atoms with van der Waals surface area (Å²) in [5, 5.41) is 9.78. The van der Waals surface area contributed by atoms with Crippen molar-refractivity contribution in [2.75, 3.05) is 50.2 Å². The van der Waals surface area contributed by atoms with Gasteiger partial charge in [0.1, 0.15) is 28.2 Å². The van der Waals surface area contributed by atoms with E-state index in [-0.39, 0.29) is 5.69 Å². The number of rotatable bonds is 3. The molecule has 2 heterocycles. The number of amides is 1. The van der Waals surface area contributed by atoms with Gasteiger partial charge in [0, 0.05) is 39.4 Å². The Balaban J connectivity index is 2.28. The number of carbonyl (C=O) groups excluding carboxylic acids is 1. The first-order valence-corrected chi connectivity index (χ1v) is 10.0. The fourth-order valence-corrected chi connectivity index (χ4v) is 3.51. The Kier molecular flexibility index (Phi) is 6.14. The van der Waals surface area contributed by atoms with Gasteiger partial charge < -0.3 is 19.6 Å². The lowest BCUT2D eigenvalue weighted by atomic mass is 10.1. The van der Waals surface area contributed by atoms with Crippen LogP contribution >= 0.6 is 0 Å². The van der Waals surface area contributed by atoms with Crippen molar-refractivity contribution in [3.8, 4) is 0 Å². The van der Waals surface area contributed by atoms with Crippen LogP contribution in [0.15, 0.2) is 17.1 Å². The minimum Gasteiger partial charge on any atom is -0.477 e. The van der Waals surface area contributed by atoms with E-state index in [1.807, 2.05) is 11.9 Å². The third kappa shape index (κ3) is 4.38. The second kappa shape index (κ2) is 8.38. The molecule has 2 aromatic rings. The van der Waals surface area contributed by atoms with Crippen LogP contribution in [0.1, 0.15) is 31.1 Å². The van der Waals surface area contributed by atoms with Crippen LogP contribution in [0.3, 0.4) is 0 Å². The second-order valence-electron chi connectivity index (χ2n) is 8.73. The number of likely N-dealkylation sites (N-methyl/N-ethyl adjacent to an activating group) is 1. The zero-order valence-electron chi connectivity index (χ0n) is 18.6. The molecule has 1 saturated heterocycles. The van der Waals surface area contributed by atoms with Crippen molar-refractivity contribution < 1.29 is 28.2 Å². The fourth-order valence-electron chi connectivity index (χ4n) is 3.51. The van der Waals surface area contributed by atoms with E-state index >= 15 is 4.39 Å². The Bertz CT molecular complexity index is 1130. The number of piperazine rings is 1. The molecule has 0 atom stereocenters. The van der Waals surface area contributed by atoms with Crippen molar-refractivity contribution in [1.82, 2.24) is 9.58 Å². The molecule has 174 valence electrons.